The van der Waals surface area contributed by atoms with E-state index in [1.807, 2.05) is 31.2 Å². The average molecular weight is 1020 g/mol. The average Bonchev–Trinajstić information content (AvgIpc) is 4.21. The number of benzene rings is 1. The van der Waals surface area contributed by atoms with E-state index in [2.05, 4.69) is 52.2 Å². The zero-order chi connectivity index (χ0) is 52.6. The van der Waals surface area contributed by atoms with Crippen molar-refractivity contribution in [2.45, 2.75) is 121 Å². The number of likely N-dealkylation sites (N-methyl/N-ethyl adjacent to an activating group) is 1. The number of aliphatic carboxylic acids is 1. The largest absolute Gasteiger partial charge is 0.481 e. The fourth-order valence-corrected chi connectivity index (χ4v) is 9.34. The molecule has 2 fully saturated rings. The normalized spacial score (nSPS) is 18.0. The van der Waals surface area contributed by atoms with Crippen molar-refractivity contribution in [1.82, 2.24) is 62.0 Å². The number of amides is 9. The van der Waals surface area contributed by atoms with Gasteiger partial charge in [-0.15, -0.1) is 0 Å². The molecule has 12 N–H and O–H groups in total. The number of carbonyl (C=O) groups excluding carboxylic acids is 9. The van der Waals surface area contributed by atoms with Crippen LogP contribution in [0.15, 0.2) is 43.0 Å². The number of rotatable bonds is 25. The van der Waals surface area contributed by atoms with Gasteiger partial charge in [0.25, 0.3) is 0 Å². The molecule has 25 heteroatoms. The van der Waals surface area contributed by atoms with Crippen LogP contribution in [0.3, 0.4) is 0 Å². The molecule has 0 radical (unpaired) electrons. The molecule has 72 heavy (non-hydrogen) atoms. The Labute approximate surface area is 420 Å². The Bertz CT molecular complexity index is 2430. The smallest absolute Gasteiger partial charge is 0.305 e. The first-order valence-corrected chi connectivity index (χ1v) is 25.2. The van der Waals surface area contributed by atoms with Crippen LogP contribution in [-0.4, -0.2) is 176 Å². The zero-order valence-electron chi connectivity index (χ0n) is 41.1. The monoisotopic (exact) mass is 1020 g/mol. The minimum Gasteiger partial charge on any atom is -0.481 e. The fraction of sp³-hybridized carbons (Fsp3) is 0.553. The Morgan fingerprint density at radius 1 is 0.778 bits per heavy atom. The topological polar surface area (TPSA) is 352 Å². The Hall–Kier alpha value is -7.02. The van der Waals surface area contributed by atoms with Gasteiger partial charge in [-0.25, -0.2) is 4.98 Å². The van der Waals surface area contributed by atoms with Gasteiger partial charge in [0.2, 0.25) is 53.2 Å². The summed E-state index contributed by atoms with van der Waals surface area (Å²) in [5.41, 5.74) is 7.56. The van der Waals surface area contributed by atoms with Crippen LogP contribution < -0.4 is 43.0 Å². The van der Waals surface area contributed by atoms with Gasteiger partial charge in [-0.3, -0.25) is 47.9 Å². The van der Waals surface area contributed by atoms with Gasteiger partial charge in [0.15, 0.2) is 0 Å². The highest BCUT2D eigenvalue weighted by atomic mass is 32.2. The molecule has 392 valence electrons. The number of nitrogens with one attached hydrogen (secondary N) is 9. The number of fused-ring (bicyclic) bond motifs is 1. The van der Waals surface area contributed by atoms with Crippen molar-refractivity contribution < 1.29 is 53.1 Å². The number of nitrogens with two attached hydrogens (primary N) is 1. The number of carboxylic acids is 1. The van der Waals surface area contributed by atoms with E-state index in [0.717, 1.165) is 10.9 Å². The predicted molar refractivity (Wildman–Crippen MR) is 264 cm³/mol. The van der Waals surface area contributed by atoms with Crippen LogP contribution in [0.1, 0.15) is 71.1 Å². The molecule has 8 atom stereocenters. The van der Waals surface area contributed by atoms with E-state index < -0.39 is 120 Å². The van der Waals surface area contributed by atoms with E-state index in [0.29, 0.717) is 42.8 Å². The van der Waals surface area contributed by atoms with Crippen LogP contribution in [0, 0.1) is 5.92 Å². The molecule has 4 heterocycles. The third-order valence-electron chi connectivity index (χ3n) is 12.5. The van der Waals surface area contributed by atoms with Gasteiger partial charge >= 0.3 is 5.97 Å². The summed E-state index contributed by atoms with van der Waals surface area (Å²) < 4.78 is 0. The number of aromatic nitrogens is 3. The van der Waals surface area contributed by atoms with Crippen molar-refractivity contribution in [2.24, 2.45) is 11.7 Å². The lowest BCUT2D eigenvalue weighted by molar-refractivity contribution is -0.142. The maximum absolute atomic E-state index is 14.6. The molecule has 0 saturated carbocycles. The SMILES string of the molecule is CCSCC(NC(=O)[C@H](Cc1cnc[nH]1)NC(=O)[C@@H](NC(=O)[C@H](CC(=O)O)NC(=O)[C@H](C)N)C(C)C)C(=O)N1CCC[C@H]1C(=O)N[C@@H](Cc1c[nH]c2ccccc12)C(=O)NCC(=O)N1CCC[C@@H]1C(=O)NC. The van der Waals surface area contributed by atoms with E-state index in [4.69, 9.17) is 5.73 Å². The zero-order valence-corrected chi connectivity index (χ0v) is 41.9. The van der Waals surface area contributed by atoms with Crippen molar-refractivity contribution in [3.05, 3.63) is 54.2 Å². The Morgan fingerprint density at radius 3 is 2.06 bits per heavy atom. The molecule has 2 saturated heterocycles. The second-order valence-electron chi connectivity index (χ2n) is 18.1. The van der Waals surface area contributed by atoms with Crippen molar-refractivity contribution in [2.75, 3.05) is 38.2 Å². The van der Waals surface area contributed by atoms with Gasteiger partial charge in [0.05, 0.1) is 25.3 Å². The molecule has 1 aromatic carbocycles. The first-order valence-electron chi connectivity index (χ1n) is 24.0. The number of imidazole rings is 1. The number of para-hydroxylation sites is 1. The van der Waals surface area contributed by atoms with Crippen LogP contribution in [0.25, 0.3) is 10.9 Å². The summed E-state index contributed by atoms with van der Waals surface area (Å²) in [6, 6.07) is -2.05. The van der Waals surface area contributed by atoms with E-state index in [1.54, 1.807) is 20.0 Å². The third-order valence-corrected chi connectivity index (χ3v) is 13.5. The molecule has 9 amide bonds. The summed E-state index contributed by atoms with van der Waals surface area (Å²) >= 11 is 1.35. The number of thioether (sulfide) groups is 1. The second-order valence-corrected chi connectivity index (χ2v) is 19.5. The van der Waals surface area contributed by atoms with Crippen LogP contribution >= 0.6 is 11.8 Å². The molecule has 2 aliphatic heterocycles. The summed E-state index contributed by atoms with van der Waals surface area (Å²) in [7, 11) is 1.49. The minimum absolute atomic E-state index is 0.0185. The third kappa shape index (κ3) is 15.0. The molecular weight excluding hydrogens is 955 g/mol. The first-order chi connectivity index (χ1) is 34.3. The van der Waals surface area contributed by atoms with Gasteiger partial charge < -0.3 is 67.8 Å². The van der Waals surface area contributed by atoms with E-state index in [9.17, 15) is 53.1 Å². The Kier molecular flexibility index (Phi) is 20.5. The summed E-state index contributed by atoms with van der Waals surface area (Å²) in [5, 5.41) is 28.6. The van der Waals surface area contributed by atoms with Gasteiger partial charge in [-0.05, 0) is 55.9 Å². The Balaban J connectivity index is 1.33. The maximum atomic E-state index is 14.6. The molecule has 1 unspecified atom stereocenters. The minimum atomic E-state index is -1.58. The van der Waals surface area contributed by atoms with Gasteiger partial charge in [0, 0.05) is 67.7 Å². The van der Waals surface area contributed by atoms with Crippen molar-refractivity contribution in [3.8, 4) is 0 Å². The molecule has 2 aromatic heterocycles. The number of hydrogen-bond acceptors (Lipinski definition) is 13. The van der Waals surface area contributed by atoms with E-state index in [1.165, 1.54) is 48.1 Å². The standard InChI is InChI=1S/C47H67N13O11S/c1-6-72-23-34(57-42(66)32(18-28-21-50-24-53-28)56-46(70)39(25(2)3)58-43(67)33(19-38(62)63)54-40(64)26(4)48)47(71)60-16-10-14-36(60)45(69)55-31(17-27-20-51-30-12-8-7-11-29(27)30)41(65)52-22-37(61)59-15-9-13-35(59)44(68)49-5/h7-8,11-12,20-21,24-26,31-36,39,51H,6,9-10,13-19,22-23,48H2,1-5H3,(H,49,68)(H,50,53)(H,52,65)(H,54,64)(H,55,69)(H,56,70)(H,57,66)(H,58,67)(H,62,63)/t26-,31-,32-,33-,34?,35+,36-,39-/m0/s1. The highest BCUT2D eigenvalue weighted by Gasteiger charge is 2.41. The van der Waals surface area contributed by atoms with Crippen LogP contribution in [0.4, 0.5) is 0 Å². The van der Waals surface area contributed by atoms with Gasteiger partial charge in [-0.2, -0.15) is 11.8 Å². The summed E-state index contributed by atoms with van der Waals surface area (Å²) in [5.74, 6) is -7.39. The number of aromatic amines is 2. The number of carbonyl (C=O) groups is 10. The van der Waals surface area contributed by atoms with E-state index >= 15 is 0 Å². The molecule has 24 nitrogen and oxygen atoms in total. The molecule has 0 aliphatic carbocycles. The summed E-state index contributed by atoms with van der Waals surface area (Å²) in [6.45, 7) is 6.50. The number of hydrogen-bond donors (Lipinski definition) is 11. The lowest BCUT2D eigenvalue weighted by atomic mass is 10.0. The number of H-pyrrole nitrogens is 2. The summed E-state index contributed by atoms with van der Waals surface area (Å²) in [6.07, 6.45) is 5.37. The summed E-state index contributed by atoms with van der Waals surface area (Å²) in [4.78, 5) is 147. The van der Waals surface area contributed by atoms with Gasteiger partial charge in [0.1, 0.15) is 42.3 Å². The molecule has 0 bridgehead atoms. The number of nitrogens with zero attached hydrogens (tertiary/aromatic N) is 3. The maximum Gasteiger partial charge on any atom is 0.305 e. The van der Waals surface area contributed by atoms with Crippen LogP contribution in [0.2, 0.25) is 0 Å². The highest BCUT2D eigenvalue weighted by molar-refractivity contribution is 7.99. The molecule has 0 spiro atoms. The lowest BCUT2D eigenvalue weighted by Crippen LogP contribution is -2.61. The van der Waals surface area contributed by atoms with Crippen LogP contribution in [0.5, 0.6) is 0 Å². The molecule has 5 rings (SSSR count). The second kappa shape index (κ2) is 26.4. The Morgan fingerprint density at radius 2 is 1.42 bits per heavy atom. The highest BCUT2D eigenvalue weighted by Crippen LogP contribution is 2.23. The van der Waals surface area contributed by atoms with Crippen molar-refractivity contribution in [3.63, 3.8) is 0 Å². The van der Waals surface area contributed by atoms with Crippen molar-refractivity contribution in [1.29, 1.82) is 0 Å². The fourth-order valence-electron chi connectivity index (χ4n) is 8.64. The van der Waals surface area contributed by atoms with Gasteiger partial charge in [-0.1, -0.05) is 39.0 Å². The molecule has 2 aliphatic rings. The first kappa shape index (κ1) is 55.9. The van der Waals surface area contributed by atoms with E-state index in [-0.39, 0.29) is 37.5 Å². The van der Waals surface area contributed by atoms with Crippen molar-refractivity contribution >= 4 is 81.8 Å². The molecule has 3 aromatic rings. The lowest BCUT2D eigenvalue weighted by Gasteiger charge is -2.31. The quantitative estimate of drug-likeness (QED) is 0.0445. The number of likely N-dealkylation sites (tertiary alicyclic amines) is 2. The van der Waals surface area contributed by atoms with Crippen LogP contribution in [-0.2, 0) is 60.8 Å². The predicted octanol–water partition coefficient (Wildman–Crippen LogP) is -1.82. The molecular formula is C47H67N13O11S. The number of carboxylic acid groups (broad SMARTS) is 1.